The Bertz CT molecular complexity index is 1150. The number of esters is 1. The minimum absolute atomic E-state index is 0.149. The van der Waals surface area contributed by atoms with Gasteiger partial charge >= 0.3 is 17.4 Å². The van der Waals surface area contributed by atoms with Crippen LogP contribution in [0.4, 0.5) is 22.0 Å². The van der Waals surface area contributed by atoms with Gasteiger partial charge in [-0.25, -0.2) is 18.4 Å². The van der Waals surface area contributed by atoms with Gasteiger partial charge in [-0.3, -0.25) is 0 Å². The molecule has 0 saturated carbocycles. The molecule has 0 aliphatic rings. The van der Waals surface area contributed by atoms with Gasteiger partial charge in [0.05, 0.1) is 5.56 Å². The van der Waals surface area contributed by atoms with Gasteiger partial charge in [0.2, 0.25) is 0 Å². The van der Waals surface area contributed by atoms with Crippen molar-refractivity contribution < 1.29 is 39.9 Å². The molecular weight excluding hydrogens is 421 g/mol. The standard InChI is InChI=1S/C18H12F5NO4S/c19-17(20,21)16(18(22,23)29(24,26)27)28-15(25)14-12-7-3-1-5-10(12)9-11-6-2-4-8-13(11)14/h1-9,16H,(H2,24,26,27). The second-order valence-corrected chi connectivity index (χ2v) is 7.76. The van der Waals surface area contributed by atoms with E-state index in [1.807, 2.05) is 0 Å². The van der Waals surface area contributed by atoms with Gasteiger partial charge in [0.15, 0.2) is 0 Å². The topological polar surface area (TPSA) is 86.5 Å². The van der Waals surface area contributed by atoms with Crippen LogP contribution in [0.15, 0.2) is 54.6 Å². The highest BCUT2D eigenvalue weighted by molar-refractivity contribution is 7.90. The van der Waals surface area contributed by atoms with E-state index in [0.717, 1.165) is 0 Å². The van der Waals surface area contributed by atoms with Gasteiger partial charge in [0.1, 0.15) is 0 Å². The zero-order chi connectivity index (χ0) is 21.6. The fourth-order valence-corrected chi connectivity index (χ4v) is 3.35. The number of sulfonamides is 1. The van der Waals surface area contributed by atoms with E-state index in [1.165, 1.54) is 24.3 Å². The molecule has 0 aromatic heterocycles. The summed E-state index contributed by atoms with van der Waals surface area (Å²) in [7, 11) is -6.03. The third-order valence-electron chi connectivity index (χ3n) is 4.18. The van der Waals surface area contributed by atoms with Crippen molar-refractivity contribution in [2.75, 3.05) is 0 Å². The van der Waals surface area contributed by atoms with Crippen LogP contribution in [-0.4, -0.2) is 31.9 Å². The third kappa shape index (κ3) is 3.75. The Kier molecular flexibility index (Phi) is 4.99. The summed E-state index contributed by atoms with van der Waals surface area (Å²) in [5, 5.41) is -0.158. The van der Waals surface area contributed by atoms with Crippen LogP contribution in [0.2, 0.25) is 0 Å². The van der Waals surface area contributed by atoms with Crippen LogP contribution < -0.4 is 5.14 Å². The van der Waals surface area contributed by atoms with E-state index in [4.69, 9.17) is 0 Å². The lowest BCUT2D eigenvalue weighted by Gasteiger charge is -2.27. The van der Waals surface area contributed by atoms with E-state index in [-0.39, 0.29) is 10.8 Å². The van der Waals surface area contributed by atoms with Crippen molar-refractivity contribution in [1.82, 2.24) is 0 Å². The average molecular weight is 433 g/mol. The van der Waals surface area contributed by atoms with Crippen molar-refractivity contribution in [3.05, 3.63) is 60.2 Å². The van der Waals surface area contributed by atoms with E-state index in [9.17, 15) is 35.2 Å². The first-order chi connectivity index (χ1) is 13.3. The van der Waals surface area contributed by atoms with Gasteiger partial charge in [-0.2, -0.15) is 22.0 Å². The van der Waals surface area contributed by atoms with Crippen molar-refractivity contribution in [2.45, 2.75) is 17.5 Å². The summed E-state index contributed by atoms with van der Waals surface area (Å²) >= 11 is 0. The molecule has 0 saturated heterocycles. The van der Waals surface area contributed by atoms with Crippen molar-refractivity contribution >= 4 is 37.5 Å². The predicted octanol–water partition coefficient (Wildman–Crippen LogP) is 3.96. The molecule has 0 radical (unpaired) electrons. The molecule has 0 aliphatic carbocycles. The summed E-state index contributed by atoms with van der Waals surface area (Å²) in [5.41, 5.74) is -0.404. The molecule has 5 nitrogen and oxygen atoms in total. The smallest absolute Gasteiger partial charge is 0.432 e. The van der Waals surface area contributed by atoms with Crippen LogP contribution in [0.3, 0.4) is 0 Å². The maximum Gasteiger partial charge on any atom is 0.432 e. The highest BCUT2D eigenvalue weighted by Gasteiger charge is 2.65. The highest BCUT2D eigenvalue weighted by Crippen LogP contribution is 2.39. The van der Waals surface area contributed by atoms with E-state index in [0.29, 0.717) is 10.8 Å². The largest absolute Gasteiger partial charge is 0.441 e. The number of halogens is 5. The number of hydrogen-bond acceptors (Lipinski definition) is 4. The Morgan fingerprint density at radius 3 is 1.76 bits per heavy atom. The molecule has 3 aromatic carbocycles. The van der Waals surface area contributed by atoms with Crippen molar-refractivity contribution in [3.8, 4) is 0 Å². The van der Waals surface area contributed by atoms with Crippen LogP contribution >= 0.6 is 0 Å². The van der Waals surface area contributed by atoms with Crippen molar-refractivity contribution in [3.63, 3.8) is 0 Å². The molecule has 1 unspecified atom stereocenters. The molecule has 0 amide bonds. The quantitative estimate of drug-likeness (QED) is 0.383. The molecule has 0 spiro atoms. The molecule has 1 atom stereocenters. The first kappa shape index (κ1) is 20.9. The Hall–Kier alpha value is -2.79. The second-order valence-electron chi connectivity index (χ2n) is 6.13. The van der Waals surface area contributed by atoms with Crippen LogP contribution in [-0.2, 0) is 14.8 Å². The predicted molar refractivity (Wildman–Crippen MR) is 94.8 cm³/mol. The van der Waals surface area contributed by atoms with Gasteiger partial charge in [-0.1, -0.05) is 48.5 Å². The minimum atomic E-state index is -6.03. The summed E-state index contributed by atoms with van der Waals surface area (Å²) in [6.45, 7) is 0. The van der Waals surface area contributed by atoms with E-state index in [2.05, 4.69) is 9.88 Å². The number of alkyl halides is 5. The zero-order valence-electron chi connectivity index (χ0n) is 14.3. The van der Waals surface area contributed by atoms with E-state index in [1.54, 1.807) is 30.3 Å². The van der Waals surface area contributed by atoms with Crippen LogP contribution in [0.25, 0.3) is 21.5 Å². The SMILES string of the molecule is NS(=O)(=O)C(F)(F)C(OC(=O)c1c2ccccc2cc2ccccc12)C(F)(F)F. The molecule has 3 rings (SSSR count). The fraction of sp³-hybridized carbons (Fsp3) is 0.167. The number of rotatable bonds is 4. The maximum atomic E-state index is 13.9. The molecule has 2 N–H and O–H groups in total. The molecule has 154 valence electrons. The van der Waals surface area contributed by atoms with Crippen molar-refractivity contribution in [2.24, 2.45) is 5.14 Å². The van der Waals surface area contributed by atoms with E-state index < -0.39 is 39.1 Å². The van der Waals surface area contributed by atoms with Gasteiger partial charge in [-0.15, -0.1) is 0 Å². The number of fused-ring (bicyclic) bond motifs is 2. The number of carbonyl (C=O) groups is 1. The van der Waals surface area contributed by atoms with Gasteiger partial charge < -0.3 is 4.74 Å². The number of nitrogens with two attached hydrogens (primary N) is 1. The highest BCUT2D eigenvalue weighted by atomic mass is 32.2. The average Bonchev–Trinajstić information content (AvgIpc) is 2.61. The fourth-order valence-electron chi connectivity index (χ4n) is 2.87. The van der Waals surface area contributed by atoms with Gasteiger partial charge in [0, 0.05) is 0 Å². The zero-order valence-corrected chi connectivity index (χ0v) is 15.1. The normalized spacial score (nSPS) is 14.1. The molecule has 29 heavy (non-hydrogen) atoms. The Morgan fingerprint density at radius 2 is 1.34 bits per heavy atom. The molecule has 0 bridgehead atoms. The number of carbonyl (C=O) groups excluding carboxylic acids is 1. The molecule has 11 heteroatoms. The molecule has 0 heterocycles. The molecular formula is C18H12F5NO4S. The lowest BCUT2D eigenvalue weighted by molar-refractivity contribution is -0.246. The van der Waals surface area contributed by atoms with Crippen LogP contribution in [0.5, 0.6) is 0 Å². The first-order valence-electron chi connectivity index (χ1n) is 7.92. The monoisotopic (exact) mass is 433 g/mol. The van der Waals surface area contributed by atoms with Crippen LogP contribution in [0, 0.1) is 0 Å². The Balaban J connectivity index is 2.20. The Labute approximate surface area is 160 Å². The number of hydrogen-bond donors (Lipinski definition) is 1. The van der Waals surface area contributed by atoms with Crippen molar-refractivity contribution in [1.29, 1.82) is 0 Å². The molecule has 0 fully saturated rings. The first-order valence-corrected chi connectivity index (χ1v) is 9.47. The van der Waals surface area contributed by atoms with Gasteiger partial charge in [-0.05, 0) is 27.6 Å². The maximum absolute atomic E-state index is 13.9. The molecule has 3 aromatic rings. The lowest BCUT2D eigenvalue weighted by Crippen LogP contribution is -2.54. The number of primary sulfonamides is 1. The second kappa shape index (κ2) is 6.92. The lowest BCUT2D eigenvalue weighted by atomic mass is 9.97. The summed E-state index contributed by atoms with van der Waals surface area (Å²) in [5.74, 6) is -1.76. The Morgan fingerprint density at radius 1 is 0.897 bits per heavy atom. The van der Waals surface area contributed by atoms with Crippen LogP contribution in [0.1, 0.15) is 10.4 Å². The minimum Gasteiger partial charge on any atom is -0.441 e. The third-order valence-corrected chi connectivity index (χ3v) is 5.15. The summed E-state index contributed by atoms with van der Waals surface area (Å²) in [4.78, 5) is 12.6. The number of ether oxygens (including phenoxy) is 1. The summed E-state index contributed by atoms with van der Waals surface area (Å²) < 4.78 is 93.4. The van der Waals surface area contributed by atoms with Gasteiger partial charge in [0.25, 0.3) is 16.1 Å². The van der Waals surface area contributed by atoms with E-state index >= 15 is 0 Å². The number of benzene rings is 3. The molecule has 0 aliphatic heterocycles. The summed E-state index contributed by atoms with van der Waals surface area (Å²) in [6, 6.07) is 13.8. The summed E-state index contributed by atoms with van der Waals surface area (Å²) in [6.07, 6.45) is -10.2.